The van der Waals surface area contributed by atoms with E-state index >= 15 is 0 Å². The van der Waals surface area contributed by atoms with Crippen LogP contribution < -0.4 is 5.32 Å². The molecule has 17 heavy (non-hydrogen) atoms. The fraction of sp³-hybridized carbons (Fsp3) is 0.500. The van der Waals surface area contributed by atoms with Gasteiger partial charge >= 0.3 is 0 Å². The van der Waals surface area contributed by atoms with E-state index in [1.807, 2.05) is 25.1 Å². The normalized spacial score (nSPS) is 17.4. The monoisotopic (exact) mass is 295 g/mol. The van der Waals surface area contributed by atoms with Crippen LogP contribution in [0.25, 0.3) is 0 Å². The summed E-state index contributed by atoms with van der Waals surface area (Å²) in [7, 11) is 0. The first-order chi connectivity index (χ1) is 8.00. The first kappa shape index (κ1) is 12.6. The summed E-state index contributed by atoms with van der Waals surface area (Å²) in [5, 5.41) is 3.03. The minimum Gasteiger partial charge on any atom is -0.351 e. The second-order valence-electron chi connectivity index (χ2n) is 5.31. The van der Waals surface area contributed by atoms with Gasteiger partial charge in [-0.3, -0.25) is 4.79 Å². The van der Waals surface area contributed by atoms with Gasteiger partial charge in [-0.25, -0.2) is 0 Å². The lowest BCUT2D eigenvalue weighted by molar-refractivity contribution is 0.0890. The number of halogens is 1. The highest BCUT2D eigenvalue weighted by atomic mass is 79.9. The summed E-state index contributed by atoms with van der Waals surface area (Å²) in [6.45, 7) is 5.04. The maximum absolute atomic E-state index is 12.0. The Morgan fingerprint density at radius 1 is 1.47 bits per heavy atom. The predicted octanol–water partition coefficient (Wildman–Crippen LogP) is 3.68. The largest absolute Gasteiger partial charge is 0.351 e. The van der Waals surface area contributed by atoms with E-state index in [1.54, 1.807) is 0 Å². The average Bonchev–Trinajstić information content (AvgIpc) is 2.27. The van der Waals surface area contributed by atoms with Crippen molar-refractivity contribution in [3.63, 3.8) is 0 Å². The van der Waals surface area contributed by atoms with Crippen molar-refractivity contribution >= 4 is 21.8 Å². The molecule has 0 radical (unpaired) electrons. The molecule has 1 N–H and O–H groups in total. The van der Waals surface area contributed by atoms with Crippen LogP contribution in [0.4, 0.5) is 0 Å². The minimum atomic E-state index is 0.0267. The first-order valence-corrected chi connectivity index (χ1v) is 6.84. The number of nitrogens with one attached hydrogen (secondary N) is 1. The summed E-state index contributed by atoms with van der Waals surface area (Å²) in [5.74, 6) is 0.0267. The first-order valence-electron chi connectivity index (χ1n) is 6.05. The van der Waals surface area contributed by atoms with Crippen LogP contribution in [0.5, 0.6) is 0 Å². The zero-order chi connectivity index (χ0) is 12.5. The Morgan fingerprint density at radius 2 is 2.18 bits per heavy atom. The Hall–Kier alpha value is -0.830. The molecule has 1 amide bonds. The summed E-state index contributed by atoms with van der Waals surface area (Å²) >= 11 is 3.45. The number of rotatable bonds is 3. The van der Waals surface area contributed by atoms with Crippen LogP contribution in [0.1, 0.15) is 42.1 Å². The third-order valence-corrected chi connectivity index (χ3v) is 4.52. The number of aryl methyl sites for hydroxylation is 1. The third kappa shape index (κ3) is 2.89. The van der Waals surface area contributed by atoms with E-state index in [2.05, 4.69) is 28.2 Å². The van der Waals surface area contributed by atoms with Gasteiger partial charge in [0.2, 0.25) is 0 Å². The zero-order valence-electron chi connectivity index (χ0n) is 10.3. The second kappa shape index (κ2) is 4.81. The Labute approximate surface area is 111 Å². The van der Waals surface area contributed by atoms with E-state index in [4.69, 9.17) is 0 Å². The number of benzene rings is 1. The van der Waals surface area contributed by atoms with Crippen LogP contribution >= 0.6 is 15.9 Å². The number of amides is 1. The molecule has 2 nitrogen and oxygen atoms in total. The van der Waals surface area contributed by atoms with Crippen LogP contribution in [-0.2, 0) is 0 Å². The highest BCUT2D eigenvalue weighted by molar-refractivity contribution is 9.10. The molecule has 0 spiro atoms. The molecule has 0 aromatic heterocycles. The van der Waals surface area contributed by atoms with Crippen LogP contribution in [-0.4, -0.2) is 12.5 Å². The van der Waals surface area contributed by atoms with Crippen molar-refractivity contribution in [2.24, 2.45) is 5.41 Å². The van der Waals surface area contributed by atoms with Gasteiger partial charge in [0, 0.05) is 16.6 Å². The third-order valence-electron chi connectivity index (χ3n) is 3.67. The zero-order valence-corrected chi connectivity index (χ0v) is 11.9. The Balaban J connectivity index is 1.97. The smallest absolute Gasteiger partial charge is 0.251 e. The van der Waals surface area contributed by atoms with Gasteiger partial charge < -0.3 is 5.32 Å². The summed E-state index contributed by atoms with van der Waals surface area (Å²) in [5.41, 5.74) is 2.20. The molecular formula is C14H18BrNO. The molecule has 92 valence electrons. The molecule has 0 saturated heterocycles. The van der Waals surface area contributed by atoms with Crippen molar-refractivity contribution in [1.82, 2.24) is 5.32 Å². The molecular weight excluding hydrogens is 278 g/mol. The fourth-order valence-corrected chi connectivity index (χ4v) is 2.47. The fourth-order valence-electron chi connectivity index (χ4n) is 2.09. The number of carbonyl (C=O) groups is 1. The van der Waals surface area contributed by atoms with Gasteiger partial charge in [0.25, 0.3) is 5.91 Å². The second-order valence-corrected chi connectivity index (χ2v) is 6.17. The van der Waals surface area contributed by atoms with Crippen molar-refractivity contribution < 1.29 is 4.79 Å². The Kier molecular flexibility index (Phi) is 3.57. The van der Waals surface area contributed by atoms with Crippen molar-refractivity contribution in [2.45, 2.75) is 33.1 Å². The molecule has 1 aliphatic carbocycles. The number of hydrogen-bond donors (Lipinski definition) is 1. The molecule has 1 fully saturated rings. The van der Waals surface area contributed by atoms with Gasteiger partial charge in [-0.2, -0.15) is 0 Å². The number of hydrogen-bond acceptors (Lipinski definition) is 1. The maximum Gasteiger partial charge on any atom is 0.251 e. The number of carbonyl (C=O) groups excluding carboxylic acids is 1. The molecule has 1 aromatic carbocycles. The van der Waals surface area contributed by atoms with Crippen molar-refractivity contribution in [1.29, 1.82) is 0 Å². The topological polar surface area (TPSA) is 29.1 Å². The van der Waals surface area contributed by atoms with Gasteiger partial charge in [0.05, 0.1) is 0 Å². The van der Waals surface area contributed by atoms with Crippen LogP contribution in [0, 0.1) is 12.3 Å². The molecule has 1 aromatic rings. The molecule has 0 heterocycles. The highest BCUT2D eigenvalue weighted by Gasteiger charge is 2.31. The van der Waals surface area contributed by atoms with E-state index in [0.29, 0.717) is 5.41 Å². The molecule has 2 rings (SSSR count). The van der Waals surface area contributed by atoms with Crippen molar-refractivity contribution in [2.75, 3.05) is 6.54 Å². The van der Waals surface area contributed by atoms with Crippen LogP contribution in [0.15, 0.2) is 22.7 Å². The van der Waals surface area contributed by atoms with Crippen LogP contribution in [0.3, 0.4) is 0 Å². The lowest BCUT2D eigenvalue weighted by atomic mass is 9.70. The van der Waals surface area contributed by atoms with Crippen LogP contribution in [0.2, 0.25) is 0 Å². The summed E-state index contributed by atoms with van der Waals surface area (Å²) in [6.07, 6.45) is 3.75. The van der Waals surface area contributed by atoms with Gasteiger partial charge in [-0.15, -0.1) is 0 Å². The molecule has 0 aliphatic heterocycles. The summed E-state index contributed by atoms with van der Waals surface area (Å²) < 4.78 is 0.986. The summed E-state index contributed by atoms with van der Waals surface area (Å²) in [4.78, 5) is 12.0. The average molecular weight is 296 g/mol. The van der Waals surface area contributed by atoms with E-state index in [1.165, 1.54) is 19.3 Å². The quantitative estimate of drug-likeness (QED) is 0.906. The SMILES string of the molecule is Cc1ccc(C(=O)NCC2(C)CCC2)cc1Br. The van der Waals surface area contributed by atoms with Gasteiger partial charge in [-0.05, 0) is 42.9 Å². The Morgan fingerprint density at radius 3 is 2.71 bits per heavy atom. The molecule has 0 unspecified atom stereocenters. The standard InChI is InChI=1S/C14H18BrNO/c1-10-4-5-11(8-12(10)15)13(17)16-9-14(2)6-3-7-14/h4-5,8H,3,6-7,9H2,1-2H3,(H,16,17). The van der Waals surface area contributed by atoms with E-state index in [0.717, 1.165) is 22.1 Å². The van der Waals surface area contributed by atoms with Crippen molar-refractivity contribution in [3.05, 3.63) is 33.8 Å². The lowest BCUT2D eigenvalue weighted by Gasteiger charge is -2.38. The van der Waals surface area contributed by atoms with Crippen molar-refractivity contribution in [3.8, 4) is 0 Å². The molecule has 0 bridgehead atoms. The molecule has 1 saturated carbocycles. The van der Waals surface area contributed by atoms with E-state index in [-0.39, 0.29) is 5.91 Å². The van der Waals surface area contributed by atoms with Gasteiger partial charge in [-0.1, -0.05) is 35.3 Å². The van der Waals surface area contributed by atoms with Gasteiger partial charge in [0.1, 0.15) is 0 Å². The maximum atomic E-state index is 12.0. The van der Waals surface area contributed by atoms with Gasteiger partial charge in [0.15, 0.2) is 0 Å². The predicted molar refractivity (Wildman–Crippen MR) is 73.2 cm³/mol. The summed E-state index contributed by atoms with van der Waals surface area (Å²) in [6, 6.07) is 5.72. The van der Waals surface area contributed by atoms with E-state index < -0.39 is 0 Å². The highest BCUT2D eigenvalue weighted by Crippen LogP contribution is 2.39. The minimum absolute atomic E-state index is 0.0267. The van der Waals surface area contributed by atoms with E-state index in [9.17, 15) is 4.79 Å². The molecule has 1 aliphatic rings. The lowest BCUT2D eigenvalue weighted by Crippen LogP contribution is -2.39. The molecule has 0 atom stereocenters. The Bertz CT molecular complexity index is 438. The molecule has 3 heteroatoms.